The van der Waals surface area contributed by atoms with E-state index in [0.717, 1.165) is 5.56 Å². The van der Waals surface area contributed by atoms with Crippen molar-refractivity contribution in [3.8, 4) is 0 Å². The van der Waals surface area contributed by atoms with E-state index in [-0.39, 0.29) is 0 Å². The SMILES string of the molecule is O=C([O-])C1C=[NH+]C=CC1=Cc1ccccc1. The van der Waals surface area contributed by atoms with Crippen LogP contribution in [-0.2, 0) is 4.79 Å². The lowest BCUT2D eigenvalue weighted by Gasteiger charge is -2.13. The summed E-state index contributed by atoms with van der Waals surface area (Å²) < 4.78 is 0. The van der Waals surface area contributed by atoms with Gasteiger partial charge >= 0.3 is 0 Å². The zero-order valence-corrected chi connectivity index (χ0v) is 8.59. The van der Waals surface area contributed by atoms with E-state index < -0.39 is 11.9 Å². The average molecular weight is 213 g/mol. The zero-order chi connectivity index (χ0) is 11.4. The molecule has 0 spiro atoms. The van der Waals surface area contributed by atoms with Gasteiger partial charge in [0.25, 0.3) is 0 Å². The smallest absolute Gasteiger partial charge is 0.167 e. The molecule has 0 saturated carbocycles. The Morgan fingerprint density at radius 3 is 2.75 bits per heavy atom. The quantitative estimate of drug-likeness (QED) is 0.693. The molecule has 1 aromatic rings. The Morgan fingerprint density at radius 2 is 2.06 bits per heavy atom. The molecule has 1 N–H and O–H groups in total. The lowest BCUT2D eigenvalue weighted by atomic mass is 9.96. The van der Waals surface area contributed by atoms with Crippen LogP contribution in [0.2, 0.25) is 0 Å². The molecule has 80 valence electrons. The molecule has 3 heteroatoms. The third-order valence-corrected chi connectivity index (χ3v) is 2.38. The summed E-state index contributed by atoms with van der Waals surface area (Å²) >= 11 is 0. The van der Waals surface area contributed by atoms with E-state index in [0.29, 0.717) is 5.57 Å². The van der Waals surface area contributed by atoms with Gasteiger partial charge in [-0.1, -0.05) is 36.4 Å². The van der Waals surface area contributed by atoms with Crippen molar-refractivity contribution in [1.82, 2.24) is 0 Å². The Labute approximate surface area is 93.5 Å². The van der Waals surface area contributed by atoms with Crippen LogP contribution in [0.1, 0.15) is 5.56 Å². The van der Waals surface area contributed by atoms with Crippen molar-refractivity contribution in [3.05, 3.63) is 53.7 Å². The number of nitrogens with one attached hydrogen (secondary N) is 1. The Morgan fingerprint density at radius 1 is 1.31 bits per heavy atom. The van der Waals surface area contributed by atoms with E-state index in [2.05, 4.69) is 4.99 Å². The van der Waals surface area contributed by atoms with Crippen LogP contribution in [-0.4, -0.2) is 12.2 Å². The van der Waals surface area contributed by atoms with Crippen LogP contribution in [0.3, 0.4) is 0 Å². The predicted octanol–water partition coefficient (Wildman–Crippen LogP) is -0.885. The molecule has 1 aliphatic heterocycles. The standard InChI is InChI=1S/C13H11NO2/c15-13(16)12-9-14-7-6-11(12)8-10-4-2-1-3-5-10/h1-9,12H,(H,15,16). The molecular weight excluding hydrogens is 202 g/mol. The zero-order valence-electron chi connectivity index (χ0n) is 8.59. The van der Waals surface area contributed by atoms with Gasteiger partial charge in [0.05, 0.1) is 5.97 Å². The Hall–Kier alpha value is -2.16. The molecule has 0 amide bonds. The van der Waals surface area contributed by atoms with Crippen molar-refractivity contribution >= 4 is 18.3 Å². The second kappa shape index (κ2) is 4.57. The number of hydrogen-bond donors (Lipinski definition) is 1. The van der Waals surface area contributed by atoms with Crippen molar-refractivity contribution in [2.24, 2.45) is 5.92 Å². The lowest BCUT2D eigenvalue weighted by Crippen LogP contribution is -2.65. The molecule has 0 bridgehead atoms. The highest BCUT2D eigenvalue weighted by Crippen LogP contribution is 2.15. The Kier molecular flexibility index (Phi) is 2.96. The summed E-state index contributed by atoms with van der Waals surface area (Å²) in [6, 6.07) is 9.59. The second-order valence-electron chi connectivity index (χ2n) is 3.52. The molecule has 3 nitrogen and oxygen atoms in total. The minimum absolute atomic E-state index is 0.704. The van der Waals surface area contributed by atoms with Crippen LogP contribution in [0.4, 0.5) is 0 Å². The first-order valence-corrected chi connectivity index (χ1v) is 5.01. The summed E-state index contributed by atoms with van der Waals surface area (Å²) in [7, 11) is 0. The normalized spacial score (nSPS) is 21.2. The molecule has 2 rings (SSSR count). The van der Waals surface area contributed by atoms with Crippen LogP contribution in [0.5, 0.6) is 0 Å². The van der Waals surface area contributed by atoms with Gasteiger partial charge in [-0.15, -0.1) is 0 Å². The number of hydrogen-bond acceptors (Lipinski definition) is 2. The first-order valence-electron chi connectivity index (χ1n) is 5.01. The average Bonchev–Trinajstić information content (AvgIpc) is 2.31. The van der Waals surface area contributed by atoms with Crippen molar-refractivity contribution in [3.63, 3.8) is 0 Å². The highest BCUT2D eigenvalue weighted by atomic mass is 16.4. The fourth-order valence-electron chi connectivity index (χ4n) is 1.58. The molecule has 1 aromatic carbocycles. The van der Waals surface area contributed by atoms with Crippen molar-refractivity contribution < 1.29 is 14.9 Å². The number of carbonyl (C=O) groups is 1. The van der Waals surface area contributed by atoms with Gasteiger partial charge in [0, 0.05) is 6.08 Å². The van der Waals surface area contributed by atoms with Gasteiger partial charge in [-0.25, -0.2) is 4.99 Å². The minimum atomic E-state index is -1.10. The first-order chi connectivity index (χ1) is 7.77. The largest absolute Gasteiger partial charge is 0.549 e. The number of carboxylic acid groups (broad SMARTS) is 1. The summed E-state index contributed by atoms with van der Waals surface area (Å²) in [5.74, 6) is -1.80. The van der Waals surface area contributed by atoms with E-state index in [1.165, 1.54) is 6.21 Å². The van der Waals surface area contributed by atoms with Gasteiger partial charge < -0.3 is 9.90 Å². The van der Waals surface area contributed by atoms with E-state index in [4.69, 9.17) is 0 Å². The molecule has 0 radical (unpaired) electrons. The van der Waals surface area contributed by atoms with Crippen LogP contribution in [0.15, 0.2) is 48.2 Å². The monoisotopic (exact) mass is 213 g/mol. The fourth-order valence-corrected chi connectivity index (χ4v) is 1.58. The minimum Gasteiger partial charge on any atom is -0.549 e. The maximum Gasteiger partial charge on any atom is 0.167 e. The van der Waals surface area contributed by atoms with Gasteiger partial charge in [0.2, 0.25) is 0 Å². The summed E-state index contributed by atoms with van der Waals surface area (Å²) in [5.41, 5.74) is 1.69. The van der Waals surface area contributed by atoms with Crippen LogP contribution >= 0.6 is 0 Å². The van der Waals surface area contributed by atoms with Gasteiger partial charge in [-0.3, -0.25) is 0 Å². The molecule has 1 unspecified atom stereocenters. The maximum atomic E-state index is 10.9. The molecule has 1 aliphatic rings. The molecule has 0 aromatic heterocycles. The van der Waals surface area contributed by atoms with Gasteiger partial charge in [0.1, 0.15) is 5.92 Å². The third kappa shape index (κ3) is 2.25. The summed E-state index contributed by atoms with van der Waals surface area (Å²) in [4.78, 5) is 13.7. The summed E-state index contributed by atoms with van der Waals surface area (Å²) in [5, 5.41) is 10.9. The molecule has 1 heterocycles. The molecule has 16 heavy (non-hydrogen) atoms. The first kappa shape index (κ1) is 10.4. The number of carbonyl (C=O) groups excluding carboxylic acids is 1. The number of carboxylic acids is 1. The molecule has 0 saturated heterocycles. The predicted molar refractivity (Wildman–Crippen MR) is 59.1 cm³/mol. The number of rotatable bonds is 2. The van der Waals surface area contributed by atoms with E-state index in [1.807, 2.05) is 36.4 Å². The van der Waals surface area contributed by atoms with Crippen LogP contribution in [0, 0.1) is 5.92 Å². The van der Waals surface area contributed by atoms with Gasteiger partial charge in [-0.2, -0.15) is 0 Å². The third-order valence-electron chi connectivity index (χ3n) is 2.38. The van der Waals surface area contributed by atoms with Crippen molar-refractivity contribution in [1.29, 1.82) is 0 Å². The molecule has 0 fully saturated rings. The number of allylic oxidation sites excluding steroid dienone is 1. The van der Waals surface area contributed by atoms with E-state index in [9.17, 15) is 9.90 Å². The highest BCUT2D eigenvalue weighted by molar-refractivity contribution is 5.92. The van der Waals surface area contributed by atoms with E-state index in [1.54, 1.807) is 12.3 Å². The fraction of sp³-hybridized carbons (Fsp3) is 0.0769. The Balaban J connectivity index is 2.32. The van der Waals surface area contributed by atoms with Crippen LogP contribution in [0.25, 0.3) is 6.08 Å². The molecular formula is C13H11NO2. The summed E-state index contributed by atoms with van der Waals surface area (Å²) in [6.45, 7) is 0. The van der Waals surface area contributed by atoms with Gasteiger partial charge in [0.15, 0.2) is 12.4 Å². The van der Waals surface area contributed by atoms with Crippen molar-refractivity contribution in [2.75, 3.05) is 0 Å². The second-order valence-corrected chi connectivity index (χ2v) is 3.52. The topological polar surface area (TPSA) is 54.1 Å². The number of benzene rings is 1. The summed E-state index contributed by atoms with van der Waals surface area (Å²) in [6.07, 6.45) is 6.79. The van der Waals surface area contributed by atoms with E-state index >= 15 is 0 Å². The molecule has 0 aliphatic carbocycles. The maximum absolute atomic E-state index is 10.9. The number of aliphatic carboxylic acids is 1. The van der Waals surface area contributed by atoms with Gasteiger partial charge in [-0.05, 0) is 11.1 Å². The highest BCUT2D eigenvalue weighted by Gasteiger charge is 2.17. The van der Waals surface area contributed by atoms with Crippen LogP contribution < -0.4 is 10.1 Å². The lowest BCUT2D eigenvalue weighted by molar-refractivity contribution is -0.372. The molecule has 1 atom stereocenters. The Bertz CT molecular complexity index is 472. The van der Waals surface area contributed by atoms with Crippen molar-refractivity contribution in [2.45, 2.75) is 0 Å².